The summed E-state index contributed by atoms with van der Waals surface area (Å²) in [5.41, 5.74) is 0.423. The van der Waals surface area contributed by atoms with Gasteiger partial charge in [-0.05, 0) is 0 Å². The minimum absolute atomic E-state index is 0.0247. The van der Waals surface area contributed by atoms with E-state index in [4.69, 9.17) is 0 Å². The van der Waals surface area contributed by atoms with Gasteiger partial charge in [0.15, 0.2) is 0 Å². The molecule has 0 unspecified atom stereocenters. The average Bonchev–Trinajstić information content (AvgIpc) is 2.17. The molecule has 0 aromatic heterocycles. The second-order valence-corrected chi connectivity index (χ2v) is 2.86. The van der Waals surface area contributed by atoms with Crippen LogP contribution < -0.4 is 10.4 Å². The molecule has 80 valence electrons. The minimum atomic E-state index is -1.24. The van der Waals surface area contributed by atoms with E-state index in [9.17, 15) is 20.0 Å². The smallest absolute Gasteiger partial charge is 0.273 e. The van der Waals surface area contributed by atoms with Crippen molar-refractivity contribution in [2.75, 3.05) is 6.54 Å². The lowest BCUT2D eigenvalue weighted by atomic mass is 10.2. The first kappa shape index (κ1) is 11.1. The van der Waals surface area contributed by atoms with E-state index in [-0.39, 0.29) is 18.8 Å². The molecule has 6 nitrogen and oxygen atoms in total. The lowest BCUT2D eigenvalue weighted by Crippen LogP contribution is -2.34. The summed E-state index contributed by atoms with van der Waals surface area (Å²) < 4.78 is 0. The number of nitrogens with one attached hydrogen (secondary N) is 1. The van der Waals surface area contributed by atoms with Crippen molar-refractivity contribution < 1.29 is 14.8 Å². The molecule has 0 amide bonds. The molecule has 1 aromatic rings. The first-order valence-corrected chi connectivity index (χ1v) is 4.24. The Balaban J connectivity index is 2.67. The minimum Gasteiger partial charge on any atom is -0.549 e. The summed E-state index contributed by atoms with van der Waals surface area (Å²) in [6, 6.07) is 6.15. The summed E-state index contributed by atoms with van der Waals surface area (Å²) in [7, 11) is 0. The molecule has 0 radical (unpaired) electrons. The number of para-hydroxylation sites is 1. The molecular weight excluding hydrogens is 200 g/mol. The molecule has 0 bridgehead atoms. The van der Waals surface area contributed by atoms with Crippen molar-refractivity contribution in [3.63, 3.8) is 0 Å². The van der Waals surface area contributed by atoms with Crippen molar-refractivity contribution in [1.82, 2.24) is 5.32 Å². The normalized spacial score (nSPS) is 9.87. The third-order valence-corrected chi connectivity index (χ3v) is 1.77. The van der Waals surface area contributed by atoms with Gasteiger partial charge in [0.2, 0.25) is 0 Å². The molecule has 0 aliphatic carbocycles. The average molecular weight is 209 g/mol. The zero-order chi connectivity index (χ0) is 11.3. The highest BCUT2D eigenvalue weighted by molar-refractivity contribution is 5.66. The van der Waals surface area contributed by atoms with E-state index >= 15 is 0 Å². The number of nitro benzene ring substituents is 1. The van der Waals surface area contributed by atoms with Crippen LogP contribution in [0.1, 0.15) is 5.56 Å². The van der Waals surface area contributed by atoms with Crippen LogP contribution >= 0.6 is 0 Å². The van der Waals surface area contributed by atoms with Gasteiger partial charge in [-0.1, -0.05) is 18.2 Å². The number of carboxylic acids is 1. The Hall–Kier alpha value is -1.95. The zero-order valence-electron chi connectivity index (χ0n) is 7.80. The number of rotatable bonds is 5. The molecule has 0 heterocycles. The van der Waals surface area contributed by atoms with E-state index in [2.05, 4.69) is 5.32 Å². The van der Waals surface area contributed by atoms with Crippen LogP contribution in [0.5, 0.6) is 0 Å². The Kier molecular flexibility index (Phi) is 3.75. The van der Waals surface area contributed by atoms with Gasteiger partial charge in [-0.3, -0.25) is 10.1 Å². The Morgan fingerprint density at radius 2 is 2.07 bits per heavy atom. The second-order valence-electron chi connectivity index (χ2n) is 2.86. The summed E-state index contributed by atoms with van der Waals surface area (Å²) in [6.45, 7) is -0.197. The van der Waals surface area contributed by atoms with Gasteiger partial charge < -0.3 is 15.2 Å². The third kappa shape index (κ3) is 3.35. The molecule has 0 saturated heterocycles. The Morgan fingerprint density at radius 3 is 2.67 bits per heavy atom. The number of carbonyl (C=O) groups is 1. The van der Waals surface area contributed by atoms with Crippen LogP contribution in [0.2, 0.25) is 0 Å². The van der Waals surface area contributed by atoms with Crippen molar-refractivity contribution in [2.24, 2.45) is 0 Å². The standard InChI is InChI=1S/C9H10N2O4/c12-9(13)6-10-5-7-3-1-2-4-8(7)11(14)15/h1-4,10H,5-6H2,(H,12,13)/p-1. The number of benzene rings is 1. The first-order valence-electron chi connectivity index (χ1n) is 4.24. The predicted molar refractivity (Wildman–Crippen MR) is 49.8 cm³/mol. The summed E-state index contributed by atoms with van der Waals surface area (Å²) in [6.07, 6.45) is 0. The highest BCUT2D eigenvalue weighted by Gasteiger charge is 2.10. The number of carbonyl (C=O) groups excluding carboxylic acids is 1. The maximum atomic E-state index is 10.6. The van der Waals surface area contributed by atoms with Crippen molar-refractivity contribution in [2.45, 2.75) is 6.54 Å². The van der Waals surface area contributed by atoms with Gasteiger partial charge in [0.25, 0.3) is 5.69 Å². The van der Waals surface area contributed by atoms with E-state index in [1.54, 1.807) is 18.2 Å². The number of hydrogen-bond acceptors (Lipinski definition) is 5. The molecular formula is C9H9N2O4-. The molecule has 0 atom stereocenters. The van der Waals surface area contributed by atoms with Crippen LogP contribution in [0, 0.1) is 10.1 Å². The highest BCUT2D eigenvalue weighted by Crippen LogP contribution is 2.16. The summed E-state index contributed by atoms with van der Waals surface area (Å²) in [5, 5.41) is 23.2. The van der Waals surface area contributed by atoms with E-state index in [0.29, 0.717) is 5.56 Å². The highest BCUT2D eigenvalue weighted by atomic mass is 16.6. The van der Waals surface area contributed by atoms with Crippen molar-refractivity contribution in [3.8, 4) is 0 Å². The Bertz CT molecular complexity index is 378. The maximum Gasteiger partial charge on any atom is 0.273 e. The monoisotopic (exact) mass is 209 g/mol. The molecule has 0 saturated carbocycles. The molecule has 0 spiro atoms. The van der Waals surface area contributed by atoms with Crippen LogP contribution in [0.25, 0.3) is 0 Å². The van der Waals surface area contributed by atoms with Gasteiger partial charge >= 0.3 is 0 Å². The fourth-order valence-electron chi connectivity index (χ4n) is 1.14. The number of nitrogens with zero attached hydrogens (tertiary/aromatic N) is 1. The van der Waals surface area contributed by atoms with E-state index in [1.807, 2.05) is 0 Å². The molecule has 1 rings (SSSR count). The topological polar surface area (TPSA) is 95.3 Å². The Morgan fingerprint density at radius 1 is 1.40 bits per heavy atom. The second kappa shape index (κ2) is 5.06. The predicted octanol–water partition coefficient (Wildman–Crippen LogP) is -0.566. The fraction of sp³-hybridized carbons (Fsp3) is 0.222. The molecule has 6 heteroatoms. The van der Waals surface area contributed by atoms with E-state index in [0.717, 1.165) is 0 Å². The third-order valence-electron chi connectivity index (χ3n) is 1.77. The van der Waals surface area contributed by atoms with Crippen LogP contribution in [-0.4, -0.2) is 17.4 Å². The van der Waals surface area contributed by atoms with Gasteiger partial charge in [-0.25, -0.2) is 0 Å². The molecule has 0 aliphatic rings. The van der Waals surface area contributed by atoms with E-state index in [1.165, 1.54) is 6.07 Å². The molecule has 1 aromatic carbocycles. The van der Waals surface area contributed by atoms with Gasteiger partial charge in [-0.2, -0.15) is 0 Å². The van der Waals surface area contributed by atoms with Crippen LogP contribution in [0.4, 0.5) is 5.69 Å². The SMILES string of the molecule is O=C([O-])CNCc1ccccc1[N+](=O)[O-]. The van der Waals surface area contributed by atoms with Crippen molar-refractivity contribution in [1.29, 1.82) is 0 Å². The van der Waals surface area contributed by atoms with Crippen LogP contribution in [-0.2, 0) is 11.3 Å². The zero-order valence-corrected chi connectivity index (χ0v) is 7.80. The summed E-state index contributed by atoms with van der Waals surface area (Å²) in [4.78, 5) is 20.2. The number of aliphatic carboxylic acids is 1. The van der Waals surface area contributed by atoms with Crippen LogP contribution in [0.3, 0.4) is 0 Å². The van der Waals surface area contributed by atoms with Gasteiger partial charge in [0.05, 0.1) is 10.9 Å². The van der Waals surface area contributed by atoms with Gasteiger partial charge in [0.1, 0.15) is 0 Å². The largest absolute Gasteiger partial charge is 0.549 e. The quantitative estimate of drug-likeness (QED) is 0.517. The molecule has 1 N–H and O–H groups in total. The number of hydrogen-bond donors (Lipinski definition) is 1. The van der Waals surface area contributed by atoms with E-state index < -0.39 is 10.9 Å². The van der Waals surface area contributed by atoms with Gasteiger partial charge in [0, 0.05) is 24.7 Å². The van der Waals surface area contributed by atoms with Crippen molar-refractivity contribution in [3.05, 3.63) is 39.9 Å². The maximum absolute atomic E-state index is 10.6. The number of carboxylic acid groups (broad SMARTS) is 1. The Labute approximate surface area is 85.7 Å². The first-order chi connectivity index (χ1) is 7.11. The lowest BCUT2D eigenvalue weighted by molar-refractivity contribution is -0.385. The van der Waals surface area contributed by atoms with Crippen LogP contribution in [0.15, 0.2) is 24.3 Å². The lowest BCUT2D eigenvalue weighted by Gasteiger charge is -2.05. The summed E-state index contributed by atoms with van der Waals surface area (Å²) >= 11 is 0. The molecule has 15 heavy (non-hydrogen) atoms. The molecule has 0 aliphatic heterocycles. The van der Waals surface area contributed by atoms with Crippen molar-refractivity contribution >= 4 is 11.7 Å². The fourth-order valence-corrected chi connectivity index (χ4v) is 1.14. The molecule has 0 fully saturated rings. The van der Waals surface area contributed by atoms with Gasteiger partial charge in [-0.15, -0.1) is 0 Å². The number of nitro groups is 1. The summed E-state index contributed by atoms with van der Waals surface area (Å²) in [5.74, 6) is -1.24.